The third-order valence-corrected chi connectivity index (χ3v) is 3.51. The Morgan fingerprint density at radius 3 is 2.87 bits per heavy atom. The Hall–Kier alpha value is -0.610. The number of hydrogen-bond donors (Lipinski definition) is 1. The van der Waals surface area contributed by atoms with Gasteiger partial charge in [0.2, 0.25) is 5.88 Å². The highest BCUT2D eigenvalue weighted by atomic mass is 79.9. The molecule has 0 radical (unpaired) electrons. The van der Waals surface area contributed by atoms with E-state index >= 15 is 0 Å². The molecule has 15 heavy (non-hydrogen) atoms. The maximum atomic E-state index is 9.12. The van der Waals surface area contributed by atoms with Gasteiger partial charge in [0.1, 0.15) is 0 Å². The van der Waals surface area contributed by atoms with Crippen LogP contribution in [0.4, 0.5) is 0 Å². The van der Waals surface area contributed by atoms with Crippen molar-refractivity contribution in [3.05, 3.63) is 22.3 Å². The predicted molar refractivity (Wildman–Crippen MR) is 60.9 cm³/mol. The SMILES string of the molecule is Cc1nc(OCC2CC(O)C2)ccc1Br. The van der Waals surface area contributed by atoms with Crippen molar-refractivity contribution in [2.45, 2.75) is 25.9 Å². The number of nitrogens with zero attached hydrogens (tertiary/aromatic N) is 1. The van der Waals surface area contributed by atoms with Crippen LogP contribution in [0.15, 0.2) is 16.6 Å². The monoisotopic (exact) mass is 271 g/mol. The fourth-order valence-electron chi connectivity index (χ4n) is 1.64. The minimum Gasteiger partial charge on any atom is -0.477 e. The van der Waals surface area contributed by atoms with E-state index in [1.165, 1.54) is 0 Å². The summed E-state index contributed by atoms with van der Waals surface area (Å²) < 4.78 is 6.55. The van der Waals surface area contributed by atoms with E-state index in [1.807, 2.05) is 19.1 Å². The fourth-order valence-corrected chi connectivity index (χ4v) is 1.86. The van der Waals surface area contributed by atoms with Crippen LogP contribution in [0.1, 0.15) is 18.5 Å². The lowest BCUT2D eigenvalue weighted by molar-refractivity contribution is 0.0194. The molecule has 3 nitrogen and oxygen atoms in total. The van der Waals surface area contributed by atoms with E-state index in [4.69, 9.17) is 9.84 Å². The standard InChI is InChI=1S/C11H14BrNO2/c1-7-10(12)2-3-11(13-7)15-6-8-4-9(14)5-8/h2-3,8-9,14H,4-6H2,1H3. The van der Waals surface area contributed by atoms with Crippen molar-refractivity contribution >= 4 is 15.9 Å². The van der Waals surface area contributed by atoms with Crippen LogP contribution in [-0.4, -0.2) is 22.8 Å². The van der Waals surface area contributed by atoms with Gasteiger partial charge in [0.25, 0.3) is 0 Å². The predicted octanol–water partition coefficient (Wildman–Crippen LogP) is 2.30. The molecule has 1 aliphatic carbocycles. The highest BCUT2D eigenvalue weighted by Crippen LogP contribution is 2.27. The van der Waals surface area contributed by atoms with Crippen molar-refractivity contribution in [1.29, 1.82) is 0 Å². The highest BCUT2D eigenvalue weighted by molar-refractivity contribution is 9.10. The molecule has 0 spiro atoms. The summed E-state index contributed by atoms with van der Waals surface area (Å²) >= 11 is 3.39. The molecule has 1 fully saturated rings. The molecule has 1 aromatic heterocycles. The molecule has 2 rings (SSSR count). The van der Waals surface area contributed by atoms with Crippen molar-refractivity contribution in [3.8, 4) is 5.88 Å². The van der Waals surface area contributed by atoms with E-state index in [-0.39, 0.29) is 6.10 Å². The summed E-state index contributed by atoms with van der Waals surface area (Å²) in [5, 5.41) is 9.12. The third kappa shape index (κ3) is 2.69. The summed E-state index contributed by atoms with van der Waals surface area (Å²) in [4.78, 5) is 4.29. The van der Waals surface area contributed by atoms with Gasteiger partial charge in [0.15, 0.2) is 0 Å². The Kier molecular flexibility index (Phi) is 3.26. The molecule has 0 atom stereocenters. The smallest absolute Gasteiger partial charge is 0.213 e. The largest absolute Gasteiger partial charge is 0.477 e. The normalized spacial score (nSPS) is 24.7. The highest BCUT2D eigenvalue weighted by Gasteiger charge is 2.27. The first-order valence-corrected chi connectivity index (χ1v) is 5.88. The lowest BCUT2D eigenvalue weighted by Gasteiger charge is -2.30. The molecule has 0 amide bonds. The molecule has 1 aliphatic rings. The molecular weight excluding hydrogens is 258 g/mol. The minimum absolute atomic E-state index is 0.113. The van der Waals surface area contributed by atoms with Crippen LogP contribution in [0.2, 0.25) is 0 Å². The van der Waals surface area contributed by atoms with Crippen LogP contribution >= 0.6 is 15.9 Å². The number of halogens is 1. The van der Waals surface area contributed by atoms with Crippen LogP contribution in [0, 0.1) is 12.8 Å². The van der Waals surface area contributed by atoms with Gasteiger partial charge in [-0.05, 0) is 47.7 Å². The van der Waals surface area contributed by atoms with Crippen LogP contribution in [0.5, 0.6) is 5.88 Å². The second kappa shape index (κ2) is 4.49. The third-order valence-electron chi connectivity index (χ3n) is 2.67. The van der Waals surface area contributed by atoms with Gasteiger partial charge in [0.05, 0.1) is 18.4 Å². The summed E-state index contributed by atoms with van der Waals surface area (Å²) in [6.07, 6.45) is 1.60. The van der Waals surface area contributed by atoms with Gasteiger partial charge < -0.3 is 9.84 Å². The Morgan fingerprint density at radius 1 is 1.53 bits per heavy atom. The van der Waals surface area contributed by atoms with E-state index in [1.54, 1.807) is 0 Å². The molecule has 0 bridgehead atoms. The molecule has 0 saturated heterocycles. The molecule has 0 unspecified atom stereocenters. The Bertz CT molecular complexity index is 350. The average molecular weight is 272 g/mol. The molecule has 1 saturated carbocycles. The van der Waals surface area contributed by atoms with Crippen molar-refractivity contribution in [2.24, 2.45) is 5.92 Å². The van der Waals surface area contributed by atoms with Crippen LogP contribution < -0.4 is 4.74 Å². The number of aryl methyl sites for hydroxylation is 1. The zero-order valence-corrected chi connectivity index (χ0v) is 10.2. The van der Waals surface area contributed by atoms with Gasteiger partial charge >= 0.3 is 0 Å². The molecule has 1 aromatic rings. The Labute approximate surface area is 97.6 Å². The van der Waals surface area contributed by atoms with E-state index in [0.717, 1.165) is 23.0 Å². The van der Waals surface area contributed by atoms with Crippen molar-refractivity contribution in [1.82, 2.24) is 4.98 Å². The van der Waals surface area contributed by atoms with Gasteiger partial charge in [-0.3, -0.25) is 0 Å². The average Bonchev–Trinajstić information content (AvgIpc) is 2.16. The first-order valence-electron chi connectivity index (χ1n) is 5.09. The number of pyridine rings is 1. The maximum absolute atomic E-state index is 9.12. The summed E-state index contributed by atoms with van der Waals surface area (Å²) in [6.45, 7) is 2.59. The number of hydrogen-bond acceptors (Lipinski definition) is 3. The Morgan fingerprint density at radius 2 is 2.27 bits per heavy atom. The lowest BCUT2D eigenvalue weighted by Crippen LogP contribution is -2.32. The van der Waals surface area contributed by atoms with Crippen molar-refractivity contribution in [2.75, 3.05) is 6.61 Å². The van der Waals surface area contributed by atoms with Crippen LogP contribution in [-0.2, 0) is 0 Å². The molecule has 1 N–H and O–H groups in total. The number of rotatable bonds is 3. The van der Waals surface area contributed by atoms with E-state index in [9.17, 15) is 0 Å². The number of aromatic nitrogens is 1. The van der Waals surface area contributed by atoms with Gasteiger partial charge in [-0.25, -0.2) is 4.98 Å². The number of ether oxygens (including phenoxy) is 1. The maximum Gasteiger partial charge on any atom is 0.213 e. The quantitative estimate of drug-likeness (QED) is 0.918. The van der Waals surface area contributed by atoms with E-state index in [0.29, 0.717) is 18.4 Å². The van der Waals surface area contributed by atoms with Gasteiger partial charge in [0, 0.05) is 10.5 Å². The molecule has 0 aromatic carbocycles. The second-order valence-electron chi connectivity index (χ2n) is 4.02. The summed E-state index contributed by atoms with van der Waals surface area (Å²) in [6, 6.07) is 3.79. The van der Waals surface area contributed by atoms with Crippen LogP contribution in [0.3, 0.4) is 0 Å². The number of aliphatic hydroxyl groups excluding tert-OH is 1. The molecule has 0 aliphatic heterocycles. The summed E-state index contributed by atoms with van der Waals surface area (Å²) in [5.41, 5.74) is 0.932. The van der Waals surface area contributed by atoms with Gasteiger partial charge in [-0.15, -0.1) is 0 Å². The second-order valence-corrected chi connectivity index (χ2v) is 4.87. The number of aliphatic hydroxyl groups is 1. The zero-order valence-electron chi connectivity index (χ0n) is 8.61. The first kappa shape index (κ1) is 10.9. The molecule has 82 valence electrons. The zero-order chi connectivity index (χ0) is 10.8. The van der Waals surface area contributed by atoms with Crippen LogP contribution in [0.25, 0.3) is 0 Å². The Balaban J connectivity index is 1.86. The molecular formula is C11H14BrNO2. The molecule has 1 heterocycles. The minimum atomic E-state index is -0.113. The summed E-state index contributed by atoms with van der Waals surface area (Å²) in [7, 11) is 0. The van der Waals surface area contributed by atoms with E-state index < -0.39 is 0 Å². The summed E-state index contributed by atoms with van der Waals surface area (Å²) in [5.74, 6) is 1.16. The van der Waals surface area contributed by atoms with Gasteiger partial charge in [-0.2, -0.15) is 0 Å². The molecule has 4 heteroatoms. The fraction of sp³-hybridized carbons (Fsp3) is 0.545. The topological polar surface area (TPSA) is 42.4 Å². The van der Waals surface area contributed by atoms with Crippen molar-refractivity contribution in [3.63, 3.8) is 0 Å². The van der Waals surface area contributed by atoms with E-state index in [2.05, 4.69) is 20.9 Å². The van der Waals surface area contributed by atoms with Crippen molar-refractivity contribution < 1.29 is 9.84 Å². The lowest BCUT2D eigenvalue weighted by atomic mass is 9.83. The first-order chi connectivity index (χ1) is 7.15. The van der Waals surface area contributed by atoms with Gasteiger partial charge in [-0.1, -0.05) is 0 Å².